The molecule has 2 aliphatic carbocycles. The monoisotopic (exact) mass is 468 g/mol. The summed E-state index contributed by atoms with van der Waals surface area (Å²) < 4.78 is 7.90. The van der Waals surface area contributed by atoms with Crippen LogP contribution in [0.3, 0.4) is 0 Å². The van der Waals surface area contributed by atoms with Crippen LogP contribution in [0, 0.1) is 17.2 Å². The molecule has 3 fully saturated rings. The fourth-order valence-electron chi connectivity index (χ4n) is 5.58. The number of ether oxygens (including phenoxy) is 1. The van der Waals surface area contributed by atoms with Gasteiger partial charge in [0, 0.05) is 35.9 Å². The van der Waals surface area contributed by atoms with E-state index in [-0.39, 0.29) is 6.10 Å². The lowest BCUT2D eigenvalue weighted by Crippen LogP contribution is -2.21. The molecular formula is C29H32N4O2. The number of nitrogens with one attached hydrogen (secondary N) is 1. The lowest BCUT2D eigenvalue weighted by molar-refractivity contribution is 0.108. The van der Waals surface area contributed by atoms with Crippen molar-refractivity contribution >= 4 is 28.4 Å². The van der Waals surface area contributed by atoms with Gasteiger partial charge in [0.2, 0.25) is 0 Å². The number of rotatable bonds is 6. The van der Waals surface area contributed by atoms with E-state index >= 15 is 0 Å². The number of fused-ring (bicyclic) bond motifs is 1. The van der Waals surface area contributed by atoms with E-state index in [1.54, 1.807) is 0 Å². The highest BCUT2D eigenvalue weighted by atomic mass is 16.6. The van der Waals surface area contributed by atoms with Gasteiger partial charge in [-0.2, -0.15) is 5.26 Å². The molecule has 0 bridgehead atoms. The van der Waals surface area contributed by atoms with Crippen LogP contribution in [0.5, 0.6) is 0 Å². The van der Waals surface area contributed by atoms with E-state index in [0.717, 1.165) is 66.5 Å². The number of nitriles is 1. The van der Waals surface area contributed by atoms with Crippen LogP contribution in [0.15, 0.2) is 42.5 Å². The quantitative estimate of drug-likeness (QED) is 0.429. The maximum absolute atomic E-state index is 12.3. The molecule has 2 saturated carbocycles. The number of amides is 1. The molecule has 35 heavy (non-hydrogen) atoms. The fraction of sp³-hybridized carbons (Fsp3) is 0.448. The highest BCUT2D eigenvalue weighted by molar-refractivity contribution is 5.96. The number of carbonyl (C=O) groups is 1. The van der Waals surface area contributed by atoms with E-state index in [9.17, 15) is 10.1 Å². The maximum atomic E-state index is 12.3. The third-order valence-corrected chi connectivity index (χ3v) is 7.99. The van der Waals surface area contributed by atoms with Crippen LogP contribution in [-0.4, -0.2) is 29.9 Å². The van der Waals surface area contributed by atoms with Gasteiger partial charge >= 0.3 is 6.09 Å². The lowest BCUT2D eigenvalue weighted by Gasteiger charge is -2.30. The van der Waals surface area contributed by atoms with Crippen molar-refractivity contribution in [1.82, 2.24) is 4.57 Å². The lowest BCUT2D eigenvalue weighted by atomic mass is 9.92. The summed E-state index contributed by atoms with van der Waals surface area (Å²) >= 11 is 0. The Labute approximate surface area is 206 Å². The molecule has 6 heteroatoms. The van der Waals surface area contributed by atoms with Crippen molar-refractivity contribution in [2.75, 3.05) is 23.3 Å². The van der Waals surface area contributed by atoms with Crippen molar-refractivity contribution in [2.45, 2.75) is 64.0 Å². The van der Waals surface area contributed by atoms with Gasteiger partial charge in [-0.1, -0.05) is 12.1 Å². The Bertz CT molecular complexity index is 1290. The van der Waals surface area contributed by atoms with E-state index in [1.807, 2.05) is 31.2 Å². The summed E-state index contributed by atoms with van der Waals surface area (Å²) in [6.07, 6.45) is 7.80. The molecule has 3 aromatic rings. The van der Waals surface area contributed by atoms with Crippen LogP contribution in [0.1, 0.15) is 63.5 Å². The standard InChI is InChI=1S/C29H32N4O2/c1-19(20-7-8-20)35-29(34)31-22-11-9-21(10-12-22)28-26(18-30)25-14-13-24(32-15-2-3-16-32)17-27(25)33(28)23-5-4-6-23/h9-14,17,19-20,23H,2-8,15-16H2,1H3,(H,31,34)/t19-/m1/s1. The van der Waals surface area contributed by atoms with E-state index in [0.29, 0.717) is 17.6 Å². The van der Waals surface area contributed by atoms with Gasteiger partial charge in [-0.15, -0.1) is 0 Å². The van der Waals surface area contributed by atoms with Crippen LogP contribution in [-0.2, 0) is 4.74 Å². The molecule has 2 heterocycles. The average molecular weight is 469 g/mol. The van der Waals surface area contributed by atoms with E-state index in [1.165, 1.54) is 24.9 Å². The van der Waals surface area contributed by atoms with Gasteiger partial charge in [0.1, 0.15) is 12.2 Å². The summed E-state index contributed by atoms with van der Waals surface area (Å²) in [5.74, 6) is 0.506. The molecule has 1 atom stereocenters. The molecule has 1 aromatic heterocycles. The number of aromatic nitrogens is 1. The maximum Gasteiger partial charge on any atom is 0.411 e. The predicted molar refractivity (Wildman–Crippen MR) is 139 cm³/mol. The number of hydrogen-bond acceptors (Lipinski definition) is 4. The van der Waals surface area contributed by atoms with Crippen molar-refractivity contribution < 1.29 is 9.53 Å². The molecule has 0 unspecified atom stereocenters. The molecule has 0 radical (unpaired) electrons. The molecule has 1 aliphatic heterocycles. The van der Waals surface area contributed by atoms with Gasteiger partial charge < -0.3 is 14.2 Å². The molecule has 6 rings (SSSR count). The summed E-state index contributed by atoms with van der Waals surface area (Å²) in [7, 11) is 0. The number of hydrogen-bond donors (Lipinski definition) is 1. The topological polar surface area (TPSA) is 70.3 Å². The normalized spacial score (nSPS) is 18.8. The minimum Gasteiger partial charge on any atom is -0.446 e. The minimum atomic E-state index is -0.409. The third-order valence-electron chi connectivity index (χ3n) is 7.99. The van der Waals surface area contributed by atoms with Crippen molar-refractivity contribution in [3.8, 4) is 17.3 Å². The van der Waals surface area contributed by atoms with E-state index < -0.39 is 6.09 Å². The van der Waals surface area contributed by atoms with Gasteiger partial charge in [0.05, 0.1) is 16.8 Å². The van der Waals surface area contributed by atoms with Gasteiger partial charge in [0.25, 0.3) is 0 Å². The van der Waals surface area contributed by atoms with Crippen LogP contribution < -0.4 is 10.2 Å². The first-order valence-corrected chi connectivity index (χ1v) is 13.0. The Balaban J connectivity index is 1.34. The Morgan fingerprint density at radius 3 is 2.43 bits per heavy atom. The van der Waals surface area contributed by atoms with E-state index in [2.05, 4.69) is 39.1 Å². The molecule has 180 valence electrons. The summed E-state index contributed by atoms with van der Waals surface area (Å²) in [6, 6.07) is 17.3. The summed E-state index contributed by atoms with van der Waals surface area (Å²) in [5, 5.41) is 14.1. The molecule has 1 amide bonds. The van der Waals surface area contributed by atoms with Crippen molar-refractivity contribution in [3.05, 3.63) is 48.0 Å². The van der Waals surface area contributed by atoms with Crippen molar-refractivity contribution in [3.63, 3.8) is 0 Å². The van der Waals surface area contributed by atoms with Gasteiger partial charge in [-0.3, -0.25) is 5.32 Å². The highest BCUT2D eigenvalue weighted by Crippen LogP contribution is 2.43. The van der Waals surface area contributed by atoms with Crippen LogP contribution in [0.4, 0.5) is 16.2 Å². The molecule has 3 aliphatic rings. The average Bonchev–Trinajstić information content (AvgIpc) is 3.45. The minimum absolute atomic E-state index is 0.0453. The summed E-state index contributed by atoms with van der Waals surface area (Å²) in [6.45, 7) is 4.16. The zero-order valence-corrected chi connectivity index (χ0v) is 20.3. The summed E-state index contributed by atoms with van der Waals surface area (Å²) in [5.41, 5.74) is 5.83. The van der Waals surface area contributed by atoms with Gasteiger partial charge in [-0.05, 0) is 93.7 Å². The smallest absolute Gasteiger partial charge is 0.411 e. The second kappa shape index (κ2) is 8.96. The molecule has 0 spiro atoms. The zero-order valence-electron chi connectivity index (χ0n) is 20.3. The van der Waals surface area contributed by atoms with Crippen molar-refractivity contribution in [2.24, 2.45) is 5.92 Å². The Hall–Kier alpha value is -3.46. The Morgan fingerprint density at radius 1 is 1.06 bits per heavy atom. The molecular weight excluding hydrogens is 436 g/mol. The zero-order chi connectivity index (χ0) is 23.9. The summed E-state index contributed by atoms with van der Waals surface area (Å²) in [4.78, 5) is 14.7. The second-order valence-electron chi connectivity index (χ2n) is 10.3. The van der Waals surface area contributed by atoms with Crippen LogP contribution in [0.25, 0.3) is 22.2 Å². The fourth-order valence-corrected chi connectivity index (χ4v) is 5.58. The Kier molecular flexibility index (Phi) is 5.64. The number of nitrogens with zero attached hydrogens (tertiary/aromatic N) is 3. The second-order valence-corrected chi connectivity index (χ2v) is 10.3. The largest absolute Gasteiger partial charge is 0.446 e. The molecule has 1 N–H and O–H groups in total. The van der Waals surface area contributed by atoms with Gasteiger partial charge in [-0.25, -0.2) is 4.79 Å². The van der Waals surface area contributed by atoms with Crippen LogP contribution in [0.2, 0.25) is 0 Å². The van der Waals surface area contributed by atoms with E-state index in [4.69, 9.17) is 4.74 Å². The first kappa shape index (κ1) is 22.0. The number of benzene rings is 2. The number of anilines is 2. The first-order valence-electron chi connectivity index (χ1n) is 13.0. The predicted octanol–water partition coefficient (Wildman–Crippen LogP) is 6.85. The SMILES string of the molecule is C[C@@H](OC(=O)Nc1ccc(-c2c(C#N)c3ccc(N4CCCC4)cc3n2C2CCC2)cc1)C1CC1. The number of carbonyl (C=O) groups excluding carboxylic acids is 1. The van der Waals surface area contributed by atoms with Gasteiger partial charge in [0.15, 0.2) is 0 Å². The van der Waals surface area contributed by atoms with Crippen molar-refractivity contribution in [1.29, 1.82) is 5.26 Å². The molecule has 6 nitrogen and oxygen atoms in total. The first-order chi connectivity index (χ1) is 17.1. The molecule has 2 aromatic carbocycles. The Morgan fingerprint density at radius 2 is 1.80 bits per heavy atom. The highest BCUT2D eigenvalue weighted by Gasteiger charge is 2.31. The third kappa shape index (κ3) is 4.14. The molecule has 1 saturated heterocycles. The van der Waals surface area contributed by atoms with Crippen LogP contribution >= 0.6 is 0 Å².